The van der Waals surface area contributed by atoms with Crippen LogP contribution in [0, 0.1) is 0 Å². The van der Waals surface area contributed by atoms with E-state index in [0.29, 0.717) is 43.5 Å². The molecule has 168 valence electrons. The molecule has 0 bridgehead atoms. The molecule has 2 aliphatic rings. The van der Waals surface area contributed by atoms with E-state index in [1.54, 1.807) is 48.0 Å². The van der Waals surface area contributed by atoms with E-state index >= 15 is 0 Å². The number of fused-ring (bicyclic) bond motifs is 1. The highest BCUT2D eigenvalue weighted by atomic mass is 16.5. The predicted molar refractivity (Wildman–Crippen MR) is 112 cm³/mol. The number of aliphatic hydroxyl groups is 1. The van der Waals surface area contributed by atoms with Crippen molar-refractivity contribution in [3.63, 3.8) is 0 Å². The van der Waals surface area contributed by atoms with Gasteiger partial charge in [0.1, 0.15) is 12.1 Å². The molecule has 4 rings (SSSR count). The fourth-order valence-electron chi connectivity index (χ4n) is 4.71. The molecule has 0 unspecified atom stereocenters. The Hall–Kier alpha value is -2.65. The average Bonchev–Trinajstić information content (AvgIpc) is 3.05. The van der Waals surface area contributed by atoms with Crippen molar-refractivity contribution in [1.82, 2.24) is 14.4 Å². The number of likely N-dealkylation sites (tertiary alicyclic amines) is 1. The first-order valence-corrected chi connectivity index (χ1v) is 10.6. The molecule has 2 saturated heterocycles. The molecule has 0 radical (unpaired) electrons. The maximum absolute atomic E-state index is 12.9. The van der Waals surface area contributed by atoms with E-state index in [1.807, 2.05) is 0 Å². The first-order chi connectivity index (χ1) is 14.6. The topological polar surface area (TPSA) is 105 Å². The van der Waals surface area contributed by atoms with Gasteiger partial charge in [-0.15, -0.1) is 0 Å². The maximum Gasteiger partial charge on any atom is 0.420 e. The SMILES string of the molecule is CC(=O)N(C)[C@H]1CC2(CCN(C(=O)Cn3c(=O)oc4ccccc43)CC2)OC[C@]1(C)O. The zero-order valence-electron chi connectivity index (χ0n) is 18.2. The van der Waals surface area contributed by atoms with E-state index in [0.717, 1.165) is 0 Å². The summed E-state index contributed by atoms with van der Waals surface area (Å²) in [4.78, 5) is 40.3. The van der Waals surface area contributed by atoms with Gasteiger partial charge in [-0.2, -0.15) is 0 Å². The van der Waals surface area contributed by atoms with Gasteiger partial charge in [-0.25, -0.2) is 4.79 Å². The summed E-state index contributed by atoms with van der Waals surface area (Å²) in [6.45, 7) is 4.22. The Labute approximate surface area is 180 Å². The molecule has 31 heavy (non-hydrogen) atoms. The standard InChI is InChI=1S/C22H29N3O6/c1-15(26)23(3)18-12-22(30-14-21(18,2)29)8-10-24(11-9-22)19(27)13-25-16-6-4-5-7-17(16)31-20(25)28/h4-7,18,29H,8-14H2,1-3H3/t18-,21-/m0/s1. The molecular weight excluding hydrogens is 402 g/mol. The van der Waals surface area contributed by atoms with Crippen LogP contribution in [0.5, 0.6) is 0 Å². The van der Waals surface area contributed by atoms with Crippen LogP contribution in [0.25, 0.3) is 11.1 Å². The Morgan fingerprint density at radius 2 is 1.94 bits per heavy atom. The van der Waals surface area contributed by atoms with Crippen molar-refractivity contribution in [3.05, 3.63) is 34.8 Å². The number of rotatable bonds is 3. The highest BCUT2D eigenvalue weighted by Gasteiger charge is 2.50. The molecule has 9 nitrogen and oxygen atoms in total. The number of nitrogens with zero attached hydrogens (tertiary/aromatic N) is 3. The van der Waals surface area contributed by atoms with Crippen LogP contribution in [0.15, 0.2) is 33.5 Å². The van der Waals surface area contributed by atoms with Crippen molar-refractivity contribution >= 4 is 22.9 Å². The Morgan fingerprint density at radius 3 is 2.61 bits per heavy atom. The third-order valence-corrected chi connectivity index (χ3v) is 6.81. The number of carbonyl (C=O) groups is 2. The fourth-order valence-corrected chi connectivity index (χ4v) is 4.71. The normalized spacial score (nSPS) is 25.7. The molecule has 2 aliphatic heterocycles. The summed E-state index contributed by atoms with van der Waals surface area (Å²) in [5.41, 5.74) is -0.544. The smallest absolute Gasteiger partial charge is 0.408 e. The van der Waals surface area contributed by atoms with Crippen LogP contribution in [0.4, 0.5) is 0 Å². The molecule has 2 fully saturated rings. The average molecular weight is 431 g/mol. The van der Waals surface area contributed by atoms with Crippen molar-refractivity contribution in [2.75, 3.05) is 26.7 Å². The Kier molecular flexibility index (Phi) is 5.43. The third kappa shape index (κ3) is 3.99. The summed E-state index contributed by atoms with van der Waals surface area (Å²) in [5, 5.41) is 10.7. The van der Waals surface area contributed by atoms with Crippen LogP contribution in [0.2, 0.25) is 0 Å². The Morgan fingerprint density at radius 1 is 1.26 bits per heavy atom. The maximum atomic E-state index is 12.9. The van der Waals surface area contributed by atoms with Gasteiger partial charge in [0.25, 0.3) is 0 Å². The number of likely N-dealkylation sites (N-methyl/N-ethyl adjacent to an activating group) is 1. The minimum Gasteiger partial charge on any atom is -0.408 e. The number of para-hydroxylation sites is 2. The van der Waals surface area contributed by atoms with Gasteiger partial charge >= 0.3 is 5.76 Å². The summed E-state index contributed by atoms with van der Waals surface area (Å²) < 4.78 is 12.7. The van der Waals surface area contributed by atoms with Gasteiger partial charge in [0.05, 0.1) is 23.8 Å². The molecule has 3 heterocycles. The monoisotopic (exact) mass is 431 g/mol. The summed E-state index contributed by atoms with van der Waals surface area (Å²) in [5.74, 6) is -0.799. The van der Waals surface area contributed by atoms with Crippen LogP contribution in [0.1, 0.15) is 33.1 Å². The molecule has 2 amide bonds. The Balaban J connectivity index is 1.43. The second kappa shape index (κ2) is 7.80. The summed E-state index contributed by atoms with van der Waals surface area (Å²) >= 11 is 0. The molecular formula is C22H29N3O6. The minimum absolute atomic E-state index is 0.0753. The van der Waals surface area contributed by atoms with Gasteiger partial charge in [0.15, 0.2) is 5.58 Å². The van der Waals surface area contributed by atoms with Gasteiger partial charge in [0, 0.05) is 27.1 Å². The number of benzene rings is 1. The molecule has 1 spiro atoms. The molecule has 1 aromatic carbocycles. The number of oxazole rings is 1. The lowest BCUT2D eigenvalue weighted by Crippen LogP contribution is -2.64. The number of aromatic nitrogens is 1. The van der Waals surface area contributed by atoms with Gasteiger partial charge in [0.2, 0.25) is 11.8 Å². The van der Waals surface area contributed by atoms with Crippen molar-refractivity contribution in [3.8, 4) is 0 Å². The van der Waals surface area contributed by atoms with Crippen molar-refractivity contribution in [1.29, 1.82) is 0 Å². The summed E-state index contributed by atoms with van der Waals surface area (Å²) in [6, 6.07) is 6.68. The van der Waals surface area contributed by atoms with Gasteiger partial charge in [-0.3, -0.25) is 14.2 Å². The van der Waals surface area contributed by atoms with E-state index < -0.39 is 17.0 Å². The second-order valence-corrected chi connectivity index (χ2v) is 8.98. The Bertz CT molecular complexity index is 1050. The number of carbonyl (C=O) groups excluding carboxylic acids is 2. The quantitative estimate of drug-likeness (QED) is 0.777. The first-order valence-electron chi connectivity index (χ1n) is 10.6. The number of ether oxygens (including phenoxy) is 1. The minimum atomic E-state index is -1.12. The van der Waals surface area contributed by atoms with Crippen molar-refractivity contribution in [2.45, 2.75) is 56.9 Å². The third-order valence-electron chi connectivity index (χ3n) is 6.81. The highest BCUT2D eigenvalue weighted by Crippen LogP contribution is 2.40. The first kappa shape index (κ1) is 21.6. The number of hydrogen-bond donors (Lipinski definition) is 1. The van der Waals surface area contributed by atoms with E-state index in [2.05, 4.69) is 0 Å². The zero-order chi connectivity index (χ0) is 22.4. The van der Waals surface area contributed by atoms with Crippen LogP contribution in [-0.4, -0.2) is 75.3 Å². The van der Waals surface area contributed by atoms with Crippen molar-refractivity contribution in [2.24, 2.45) is 0 Å². The zero-order valence-corrected chi connectivity index (χ0v) is 18.2. The highest BCUT2D eigenvalue weighted by molar-refractivity contribution is 5.79. The molecule has 0 saturated carbocycles. The molecule has 2 aromatic rings. The van der Waals surface area contributed by atoms with Crippen LogP contribution >= 0.6 is 0 Å². The van der Waals surface area contributed by atoms with Crippen LogP contribution in [0.3, 0.4) is 0 Å². The lowest BCUT2D eigenvalue weighted by atomic mass is 9.77. The van der Waals surface area contributed by atoms with Crippen LogP contribution < -0.4 is 5.76 Å². The van der Waals surface area contributed by atoms with Gasteiger partial charge in [-0.05, 0) is 38.3 Å². The summed E-state index contributed by atoms with van der Waals surface area (Å²) in [6.07, 6.45) is 1.74. The lowest BCUT2D eigenvalue weighted by molar-refractivity contribution is -0.209. The fraction of sp³-hybridized carbons (Fsp3) is 0.591. The number of amides is 2. The molecule has 9 heteroatoms. The van der Waals surface area contributed by atoms with Crippen molar-refractivity contribution < 1.29 is 23.8 Å². The molecule has 1 N–H and O–H groups in total. The van der Waals surface area contributed by atoms with E-state index in [1.165, 1.54) is 11.5 Å². The van der Waals surface area contributed by atoms with Gasteiger partial charge in [-0.1, -0.05) is 12.1 Å². The van der Waals surface area contributed by atoms with Gasteiger partial charge < -0.3 is 24.1 Å². The largest absolute Gasteiger partial charge is 0.420 e. The van der Waals surface area contributed by atoms with E-state index in [4.69, 9.17) is 9.15 Å². The number of piperidine rings is 1. The van der Waals surface area contributed by atoms with E-state index in [9.17, 15) is 19.5 Å². The molecule has 1 aromatic heterocycles. The molecule has 2 atom stereocenters. The predicted octanol–water partition coefficient (Wildman–Crippen LogP) is 0.974. The number of hydrogen-bond acceptors (Lipinski definition) is 6. The second-order valence-electron chi connectivity index (χ2n) is 8.98. The van der Waals surface area contributed by atoms with Crippen LogP contribution in [-0.2, 0) is 20.9 Å². The summed E-state index contributed by atoms with van der Waals surface area (Å²) in [7, 11) is 1.70. The molecule has 0 aliphatic carbocycles. The van der Waals surface area contributed by atoms with E-state index in [-0.39, 0.29) is 31.0 Å². The lowest BCUT2D eigenvalue weighted by Gasteiger charge is -2.52.